The van der Waals surface area contributed by atoms with Crippen LogP contribution in [0.1, 0.15) is 42.0 Å². The molecule has 2 aromatic rings. The van der Waals surface area contributed by atoms with Crippen molar-refractivity contribution < 1.29 is 5.11 Å². The van der Waals surface area contributed by atoms with Gasteiger partial charge in [-0.1, -0.05) is 67.9 Å². The first kappa shape index (κ1) is 15.8. The average molecular weight is 282 g/mol. The van der Waals surface area contributed by atoms with Crippen molar-refractivity contribution in [3.63, 3.8) is 0 Å². The molecule has 0 aliphatic rings. The predicted octanol–water partition coefficient (Wildman–Crippen LogP) is 4.51. The fourth-order valence-electron chi connectivity index (χ4n) is 2.63. The summed E-state index contributed by atoms with van der Waals surface area (Å²) in [6.45, 7) is 6.76. The van der Waals surface area contributed by atoms with Crippen LogP contribution >= 0.6 is 0 Å². The molecule has 0 saturated carbocycles. The van der Waals surface area contributed by atoms with Crippen LogP contribution in [-0.4, -0.2) is 11.7 Å². The summed E-state index contributed by atoms with van der Waals surface area (Å²) in [5.74, 6) is 0.859. The molecular weight excluding hydrogens is 256 g/mol. The highest BCUT2D eigenvalue weighted by molar-refractivity contribution is 5.26. The largest absolute Gasteiger partial charge is 0.396 e. The summed E-state index contributed by atoms with van der Waals surface area (Å²) in [5.41, 5.74) is 5.27. The molecule has 0 fully saturated rings. The SMILES string of the molecule is Cc1ccc(CC(CO)Cc2ccc(C(C)C)cc2)cc1. The highest BCUT2D eigenvalue weighted by Gasteiger charge is 2.10. The summed E-state index contributed by atoms with van der Waals surface area (Å²) in [6.07, 6.45) is 1.87. The van der Waals surface area contributed by atoms with Gasteiger partial charge in [0.25, 0.3) is 0 Å². The molecule has 2 rings (SSSR count). The summed E-state index contributed by atoms with van der Waals surface area (Å²) >= 11 is 0. The molecular formula is C20H26O. The Kier molecular flexibility index (Phi) is 5.58. The summed E-state index contributed by atoms with van der Waals surface area (Å²) in [4.78, 5) is 0. The summed E-state index contributed by atoms with van der Waals surface area (Å²) in [7, 11) is 0. The van der Waals surface area contributed by atoms with Gasteiger partial charge in [-0.3, -0.25) is 0 Å². The third-order valence-electron chi connectivity index (χ3n) is 4.07. The predicted molar refractivity (Wildman–Crippen MR) is 89.7 cm³/mol. The first-order valence-corrected chi connectivity index (χ1v) is 7.83. The Balaban J connectivity index is 1.99. The topological polar surface area (TPSA) is 20.2 Å². The molecule has 1 heteroatoms. The van der Waals surface area contributed by atoms with E-state index in [0.29, 0.717) is 5.92 Å². The third-order valence-corrected chi connectivity index (χ3v) is 4.07. The molecule has 112 valence electrons. The maximum absolute atomic E-state index is 9.65. The normalized spacial score (nSPS) is 12.6. The maximum Gasteiger partial charge on any atom is 0.0465 e. The maximum atomic E-state index is 9.65. The second-order valence-electron chi connectivity index (χ2n) is 6.34. The smallest absolute Gasteiger partial charge is 0.0465 e. The van der Waals surface area contributed by atoms with Crippen LogP contribution in [0.15, 0.2) is 48.5 Å². The number of aryl methyl sites for hydroxylation is 1. The van der Waals surface area contributed by atoms with Crippen LogP contribution in [0.2, 0.25) is 0 Å². The Hall–Kier alpha value is -1.60. The molecule has 0 radical (unpaired) electrons. The lowest BCUT2D eigenvalue weighted by atomic mass is 9.92. The molecule has 1 nitrogen and oxygen atoms in total. The first-order valence-electron chi connectivity index (χ1n) is 7.83. The van der Waals surface area contributed by atoms with E-state index in [2.05, 4.69) is 69.3 Å². The highest BCUT2D eigenvalue weighted by Crippen LogP contribution is 2.18. The summed E-state index contributed by atoms with van der Waals surface area (Å²) in [5, 5.41) is 9.65. The molecule has 1 atom stereocenters. The van der Waals surface area contributed by atoms with Crippen LogP contribution in [0.4, 0.5) is 0 Å². The average Bonchev–Trinajstić information content (AvgIpc) is 2.49. The minimum atomic E-state index is 0.236. The van der Waals surface area contributed by atoms with Crippen molar-refractivity contribution in [1.29, 1.82) is 0 Å². The molecule has 0 aliphatic heterocycles. The van der Waals surface area contributed by atoms with Gasteiger partial charge in [0.05, 0.1) is 0 Å². The van der Waals surface area contributed by atoms with Gasteiger partial charge in [-0.05, 0) is 48.3 Å². The number of rotatable bonds is 6. The van der Waals surface area contributed by atoms with Crippen LogP contribution in [0.25, 0.3) is 0 Å². The molecule has 0 saturated heterocycles. The van der Waals surface area contributed by atoms with Gasteiger partial charge in [-0.25, -0.2) is 0 Å². The minimum absolute atomic E-state index is 0.236. The van der Waals surface area contributed by atoms with E-state index in [0.717, 1.165) is 12.8 Å². The molecule has 0 aliphatic carbocycles. The molecule has 0 aromatic heterocycles. The first-order chi connectivity index (χ1) is 10.1. The molecule has 0 amide bonds. The van der Waals surface area contributed by atoms with E-state index in [9.17, 15) is 5.11 Å². The van der Waals surface area contributed by atoms with Crippen molar-refractivity contribution in [3.05, 3.63) is 70.8 Å². The van der Waals surface area contributed by atoms with Crippen LogP contribution in [-0.2, 0) is 12.8 Å². The molecule has 21 heavy (non-hydrogen) atoms. The van der Waals surface area contributed by atoms with Crippen molar-refractivity contribution in [2.75, 3.05) is 6.61 Å². The van der Waals surface area contributed by atoms with Crippen LogP contribution in [0.5, 0.6) is 0 Å². The van der Waals surface area contributed by atoms with Crippen molar-refractivity contribution in [2.45, 2.75) is 39.5 Å². The molecule has 0 heterocycles. The third kappa shape index (κ3) is 4.71. The standard InChI is InChI=1S/C20H26O/c1-15(2)20-10-8-18(9-11-20)13-19(14-21)12-17-6-4-16(3)5-7-17/h4-11,15,19,21H,12-14H2,1-3H3. The zero-order valence-electron chi connectivity index (χ0n) is 13.3. The Labute approximate surface area is 128 Å². The highest BCUT2D eigenvalue weighted by atomic mass is 16.3. The van der Waals surface area contributed by atoms with Crippen molar-refractivity contribution >= 4 is 0 Å². The van der Waals surface area contributed by atoms with Gasteiger partial charge in [0, 0.05) is 6.61 Å². The lowest BCUT2D eigenvalue weighted by Crippen LogP contribution is -2.13. The fourth-order valence-corrected chi connectivity index (χ4v) is 2.63. The number of aliphatic hydroxyl groups excluding tert-OH is 1. The van der Waals surface area contributed by atoms with Gasteiger partial charge in [0.15, 0.2) is 0 Å². The van der Waals surface area contributed by atoms with Gasteiger partial charge in [0.2, 0.25) is 0 Å². The zero-order chi connectivity index (χ0) is 15.2. The van der Waals surface area contributed by atoms with Crippen molar-refractivity contribution in [3.8, 4) is 0 Å². The van der Waals surface area contributed by atoms with Crippen LogP contribution in [0, 0.1) is 12.8 Å². The molecule has 1 unspecified atom stereocenters. The Morgan fingerprint density at radius 3 is 1.71 bits per heavy atom. The summed E-state index contributed by atoms with van der Waals surface area (Å²) < 4.78 is 0. The second kappa shape index (κ2) is 7.42. The van der Waals surface area contributed by atoms with E-state index in [4.69, 9.17) is 0 Å². The molecule has 2 aromatic carbocycles. The van der Waals surface area contributed by atoms with Gasteiger partial charge in [-0.15, -0.1) is 0 Å². The molecule has 0 bridgehead atoms. The van der Waals surface area contributed by atoms with E-state index in [1.807, 2.05) is 0 Å². The van der Waals surface area contributed by atoms with E-state index in [1.54, 1.807) is 0 Å². The van der Waals surface area contributed by atoms with Gasteiger partial charge in [0.1, 0.15) is 0 Å². The lowest BCUT2D eigenvalue weighted by Gasteiger charge is -2.15. The lowest BCUT2D eigenvalue weighted by molar-refractivity contribution is 0.225. The van der Waals surface area contributed by atoms with Gasteiger partial charge < -0.3 is 5.11 Å². The minimum Gasteiger partial charge on any atom is -0.396 e. The molecule has 0 spiro atoms. The number of aliphatic hydroxyl groups is 1. The monoisotopic (exact) mass is 282 g/mol. The van der Waals surface area contributed by atoms with Gasteiger partial charge >= 0.3 is 0 Å². The van der Waals surface area contributed by atoms with E-state index < -0.39 is 0 Å². The number of hydrogen-bond donors (Lipinski definition) is 1. The Morgan fingerprint density at radius 1 is 0.810 bits per heavy atom. The quantitative estimate of drug-likeness (QED) is 0.826. The van der Waals surface area contributed by atoms with E-state index >= 15 is 0 Å². The number of benzene rings is 2. The van der Waals surface area contributed by atoms with E-state index in [-0.39, 0.29) is 12.5 Å². The second-order valence-corrected chi connectivity index (χ2v) is 6.34. The number of hydrogen-bond acceptors (Lipinski definition) is 1. The Bertz CT molecular complexity index is 537. The van der Waals surface area contributed by atoms with Gasteiger partial charge in [-0.2, -0.15) is 0 Å². The Morgan fingerprint density at radius 2 is 1.29 bits per heavy atom. The van der Waals surface area contributed by atoms with Crippen molar-refractivity contribution in [2.24, 2.45) is 5.92 Å². The van der Waals surface area contributed by atoms with Crippen LogP contribution in [0.3, 0.4) is 0 Å². The summed E-state index contributed by atoms with van der Waals surface area (Å²) in [6, 6.07) is 17.4. The van der Waals surface area contributed by atoms with Crippen molar-refractivity contribution in [1.82, 2.24) is 0 Å². The fraction of sp³-hybridized carbons (Fsp3) is 0.400. The van der Waals surface area contributed by atoms with Crippen LogP contribution < -0.4 is 0 Å². The zero-order valence-corrected chi connectivity index (χ0v) is 13.3. The molecule has 1 N–H and O–H groups in total. The van der Waals surface area contributed by atoms with E-state index in [1.165, 1.54) is 22.3 Å².